The van der Waals surface area contributed by atoms with E-state index in [1.54, 1.807) is 36.7 Å². The Balaban J connectivity index is 1.99. The Morgan fingerprint density at radius 1 is 1.38 bits per heavy atom. The first-order valence-electron chi connectivity index (χ1n) is 5.92. The molecular formula is C13H13N3O3S2. The van der Waals surface area contributed by atoms with Crippen LogP contribution in [-0.2, 0) is 10.0 Å². The van der Waals surface area contributed by atoms with Crippen LogP contribution in [0.4, 0.5) is 5.69 Å². The number of aromatic nitrogens is 1. The summed E-state index contributed by atoms with van der Waals surface area (Å²) in [4.78, 5) is 16.0. The highest BCUT2D eigenvalue weighted by Gasteiger charge is 2.08. The number of rotatable bonds is 5. The second-order valence-electron chi connectivity index (χ2n) is 4.09. The molecule has 0 spiro atoms. The predicted octanol–water partition coefficient (Wildman–Crippen LogP) is 2.09. The molecule has 110 valence electrons. The molecule has 2 N–H and O–H groups in total. The van der Waals surface area contributed by atoms with Crippen LogP contribution in [0.5, 0.6) is 0 Å². The Morgan fingerprint density at radius 3 is 2.86 bits per heavy atom. The van der Waals surface area contributed by atoms with Gasteiger partial charge in [0.2, 0.25) is 0 Å². The number of sulfonamides is 1. The van der Waals surface area contributed by atoms with E-state index in [1.807, 2.05) is 0 Å². The normalized spacial score (nSPS) is 11.5. The zero-order chi connectivity index (χ0) is 15.3. The van der Waals surface area contributed by atoms with Crippen LogP contribution in [0.3, 0.4) is 0 Å². The highest BCUT2D eigenvalue weighted by molar-refractivity contribution is 7.95. The SMILES string of the molecule is Cc1ccncc1NS(=O)(=O)/C=C/NC(=O)c1cccs1. The van der Waals surface area contributed by atoms with E-state index in [9.17, 15) is 13.2 Å². The van der Waals surface area contributed by atoms with Gasteiger partial charge in [-0.05, 0) is 30.0 Å². The summed E-state index contributed by atoms with van der Waals surface area (Å²) in [6.07, 6.45) is 4.09. The van der Waals surface area contributed by atoms with Gasteiger partial charge in [0.15, 0.2) is 0 Å². The summed E-state index contributed by atoms with van der Waals surface area (Å²) in [5.74, 6) is -0.353. The number of nitrogens with one attached hydrogen (secondary N) is 2. The fraction of sp³-hybridized carbons (Fsp3) is 0.0769. The van der Waals surface area contributed by atoms with Crippen LogP contribution in [0.25, 0.3) is 0 Å². The van der Waals surface area contributed by atoms with Crippen LogP contribution >= 0.6 is 11.3 Å². The molecule has 0 aliphatic heterocycles. The lowest BCUT2D eigenvalue weighted by atomic mass is 10.3. The third-order valence-corrected chi connectivity index (χ3v) is 4.37. The molecule has 0 aromatic carbocycles. The van der Waals surface area contributed by atoms with Crippen molar-refractivity contribution < 1.29 is 13.2 Å². The van der Waals surface area contributed by atoms with Crippen molar-refractivity contribution in [1.82, 2.24) is 10.3 Å². The molecule has 2 aromatic heterocycles. The third-order valence-electron chi connectivity index (χ3n) is 2.50. The van der Waals surface area contributed by atoms with Crippen molar-refractivity contribution in [3.63, 3.8) is 0 Å². The summed E-state index contributed by atoms with van der Waals surface area (Å²) in [6.45, 7) is 1.77. The number of thiophene rings is 1. The maximum Gasteiger partial charge on any atom is 0.265 e. The second kappa shape index (κ2) is 6.51. The van der Waals surface area contributed by atoms with E-state index in [2.05, 4.69) is 15.0 Å². The van der Waals surface area contributed by atoms with E-state index >= 15 is 0 Å². The summed E-state index contributed by atoms with van der Waals surface area (Å²) >= 11 is 1.27. The van der Waals surface area contributed by atoms with E-state index in [-0.39, 0.29) is 5.91 Å². The van der Waals surface area contributed by atoms with Gasteiger partial charge in [0.05, 0.1) is 22.2 Å². The molecule has 0 aliphatic rings. The molecule has 0 saturated heterocycles. The number of anilines is 1. The largest absolute Gasteiger partial charge is 0.327 e. The summed E-state index contributed by atoms with van der Waals surface area (Å²) < 4.78 is 26.1. The maximum atomic E-state index is 11.8. The number of hydrogen-bond acceptors (Lipinski definition) is 5. The first-order valence-corrected chi connectivity index (χ1v) is 8.35. The van der Waals surface area contributed by atoms with Crippen molar-refractivity contribution in [3.05, 3.63) is 58.0 Å². The monoisotopic (exact) mass is 323 g/mol. The lowest BCUT2D eigenvalue weighted by molar-refractivity contribution is 0.0974. The zero-order valence-corrected chi connectivity index (χ0v) is 12.7. The van der Waals surface area contributed by atoms with Crippen LogP contribution in [-0.4, -0.2) is 19.3 Å². The Hall–Kier alpha value is -2.19. The van der Waals surface area contributed by atoms with Gasteiger partial charge in [-0.15, -0.1) is 11.3 Å². The first-order chi connectivity index (χ1) is 9.98. The van der Waals surface area contributed by atoms with Gasteiger partial charge >= 0.3 is 0 Å². The molecule has 21 heavy (non-hydrogen) atoms. The molecule has 0 saturated carbocycles. The molecule has 6 nitrogen and oxygen atoms in total. The topological polar surface area (TPSA) is 88.2 Å². The number of pyridine rings is 1. The lowest BCUT2D eigenvalue weighted by Gasteiger charge is -2.06. The molecule has 0 unspecified atom stereocenters. The summed E-state index contributed by atoms with van der Waals surface area (Å²) in [7, 11) is -3.70. The van der Waals surface area contributed by atoms with Crippen molar-refractivity contribution in [2.24, 2.45) is 0 Å². The molecule has 0 fully saturated rings. The molecule has 0 atom stereocenters. The van der Waals surface area contributed by atoms with Crippen LogP contribution < -0.4 is 10.0 Å². The molecule has 0 radical (unpaired) electrons. The van der Waals surface area contributed by atoms with E-state index in [4.69, 9.17) is 0 Å². The number of carbonyl (C=O) groups is 1. The molecule has 0 bridgehead atoms. The van der Waals surface area contributed by atoms with Crippen LogP contribution in [0.2, 0.25) is 0 Å². The summed E-state index contributed by atoms with van der Waals surface area (Å²) in [6, 6.07) is 5.09. The van der Waals surface area contributed by atoms with Gasteiger partial charge in [0.1, 0.15) is 0 Å². The zero-order valence-electron chi connectivity index (χ0n) is 11.1. The minimum absolute atomic E-state index is 0.353. The Labute approximate surface area is 126 Å². The molecular weight excluding hydrogens is 310 g/mol. The Bertz CT molecular complexity index is 753. The quantitative estimate of drug-likeness (QED) is 0.882. The molecule has 8 heteroatoms. The van der Waals surface area contributed by atoms with Gasteiger partial charge in [-0.2, -0.15) is 0 Å². The summed E-state index contributed by atoms with van der Waals surface area (Å²) in [5, 5.41) is 5.06. The minimum Gasteiger partial charge on any atom is -0.327 e. The fourth-order valence-corrected chi connectivity index (χ4v) is 2.90. The molecule has 1 amide bonds. The molecule has 2 rings (SSSR count). The van der Waals surface area contributed by atoms with Crippen LogP contribution in [0.15, 0.2) is 47.6 Å². The van der Waals surface area contributed by atoms with Gasteiger partial charge in [-0.3, -0.25) is 14.5 Å². The van der Waals surface area contributed by atoms with Crippen LogP contribution in [0.1, 0.15) is 15.2 Å². The second-order valence-corrected chi connectivity index (χ2v) is 6.61. The van der Waals surface area contributed by atoms with Gasteiger partial charge in [0, 0.05) is 12.4 Å². The standard InChI is InChI=1S/C13H13N3O3S2/c1-10-4-5-14-9-11(10)16-21(18,19)8-6-15-13(17)12-3-2-7-20-12/h2-9,16H,1H3,(H,15,17)/b8-6+. The van der Waals surface area contributed by atoms with Crippen molar-refractivity contribution in [3.8, 4) is 0 Å². The van der Waals surface area contributed by atoms with E-state index in [0.29, 0.717) is 10.6 Å². The van der Waals surface area contributed by atoms with Crippen molar-refractivity contribution in [2.45, 2.75) is 6.92 Å². The Morgan fingerprint density at radius 2 is 2.19 bits per heavy atom. The van der Waals surface area contributed by atoms with E-state index in [1.165, 1.54) is 17.5 Å². The number of carbonyl (C=O) groups excluding carboxylic acids is 1. The predicted molar refractivity (Wildman–Crippen MR) is 82.4 cm³/mol. The van der Waals surface area contributed by atoms with Gasteiger partial charge in [0.25, 0.3) is 15.9 Å². The molecule has 2 aromatic rings. The average molecular weight is 323 g/mol. The van der Waals surface area contributed by atoms with Crippen molar-refractivity contribution >= 4 is 33.0 Å². The highest BCUT2D eigenvalue weighted by Crippen LogP contribution is 2.13. The third kappa shape index (κ3) is 4.40. The molecule has 0 aliphatic carbocycles. The smallest absolute Gasteiger partial charge is 0.265 e. The van der Waals surface area contributed by atoms with Gasteiger partial charge in [-0.25, -0.2) is 8.42 Å². The number of hydrogen-bond donors (Lipinski definition) is 2. The minimum atomic E-state index is -3.70. The van der Waals surface area contributed by atoms with E-state index in [0.717, 1.165) is 17.2 Å². The van der Waals surface area contributed by atoms with Crippen molar-refractivity contribution in [2.75, 3.05) is 4.72 Å². The molecule has 2 heterocycles. The number of nitrogens with zero attached hydrogens (tertiary/aromatic N) is 1. The average Bonchev–Trinajstić information content (AvgIpc) is 2.95. The maximum absolute atomic E-state index is 11.8. The lowest BCUT2D eigenvalue weighted by Crippen LogP contribution is -2.17. The summed E-state index contributed by atoms with van der Waals surface area (Å²) in [5.41, 5.74) is 1.15. The van der Waals surface area contributed by atoms with Crippen LogP contribution in [0, 0.1) is 6.92 Å². The number of aryl methyl sites for hydroxylation is 1. The van der Waals surface area contributed by atoms with Crippen molar-refractivity contribution in [1.29, 1.82) is 0 Å². The fourth-order valence-electron chi connectivity index (χ4n) is 1.44. The number of amides is 1. The first kappa shape index (κ1) is 15.2. The van der Waals surface area contributed by atoms with Gasteiger partial charge in [-0.1, -0.05) is 6.07 Å². The van der Waals surface area contributed by atoms with E-state index < -0.39 is 10.0 Å². The highest BCUT2D eigenvalue weighted by atomic mass is 32.2. The Kier molecular flexibility index (Phi) is 4.71. The van der Waals surface area contributed by atoms with Gasteiger partial charge < -0.3 is 5.32 Å².